The average molecular weight is 480 g/mol. The molecule has 1 aromatic carbocycles. The highest BCUT2D eigenvalue weighted by atomic mass is 32.2. The van der Waals surface area contributed by atoms with Crippen LogP contribution in [-0.2, 0) is 16.4 Å². The van der Waals surface area contributed by atoms with Gasteiger partial charge >= 0.3 is 0 Å². The number of carbonyl (C=O) groups excluding carboxylic acids is 1. The fraction of sp³-hybridized carbons (Fsp3) is 0.364. The van der Waals surface area contributed by atoms with E-state index in [1.807, 2.05) is 20.2 Å². The number of hydrogen-bond donors (Lipinski definition) is 3. The predicted molar refractivity (Wildman–Crippen MR) is 125 cm³/mol. The third-order valence-electron chi connectivity index (χ3n) is 4.89. The molecule has 0 atom stereocenters. The average Bonchev–Trinajstić information content (AvgIpc) is 3.12. The molecule has 3 aromatic rings. The molecule has 1 amide bonds. The normalized spacial score (nSPS) is 11.8. The van der Waals surface area contributed by atoms with Crippen LogP contribution in [0.25, 0.3) is 11.0 Å². The number of nitrogens with zero attached hydrogens (tertiary/aromatic N) is 2. The molecule has 33 heavy (non-hydrogen) atoms. The Bertz CT molecular complexity index is 1260. The first-order valence-electron chi connectivity index (χ1n) is 10.5. The van der Waals surface area contributed by atoms with Crippen LogP contribution >= 0.6 is 0 Å². The number of halogens is 2. The molecule has 0 radical (unpaired) electrons. The summed E-state index contributed by atoms with van der Waals surface area (Å²) in [7, 11) is 0.191. The molecule has 8 nitrogen and oxygen atoms in total. The van der Waals surface area contributed by atoms with E-state index in [4.69, 9.17) is 0 Å². The molecule has 2 heterocycles. The van der Waals surface area contributed by atoms with Gasteiger partial charge in [0.1, 0.15) is 17.0 Å². The largest absolute Gasteiger partial charge is 0.343 e. The van der Waals surface area contributed by atoms with Crippen molar-refractivity contribution < 1.29 is 22.0 Å². The van der Waals surface area contributed by atoms with Gasteiger partial charge in [-0.1, -0.05) is 6.92 Å². The Labute approximate surface area is 191 Å². The second kappa shape index (κ2) is 10.3. The second-order valence-corrected chi connectivity index (χ2v) is 9.86. The first-order chi connectivity index (χ1) is 15.6. The summed E-state index contributed by atoms with van der Waals surface area (Å²) in [6, 6.07) is 5.35. The first kappa shape index (κ1) is 24.6. The Balaban J connectivity index is 1.79. The molecule has 11 heteroatoms. The number of aromatic amines is 1. The lowest BCUT2D eigenvalue weighted by Crippen LogP contribution is -2.20. The van der Waals surface area contributed by atoms with Crippen molar-refractivity contribution in [2.75, 3.05) is 36.4 Å². The van der Waals surface area contributed by atoms with Crippen LogP contribution in [0, 0.1) is 11.6 Å². The van der Waals surface area contributed by atoms with Crippen molar-refractivity contribution >= 4 is 38.3 Å². The SMILES string of the molecule is CCCS(=O)(=O)Nc1ccc(F)c(C(=O)Nc2cnc3[nH]c(CCCN(C)C)cc3c2)c1F. The predicted octanol–water partition coefficient (Wildman–Crippen LogP) is 3.74. The number of aryl methyl sites for hydroxylation is 1. The van der Waals surface area contributed by atoms with Gasteiger partial charge in [-0.25, -0.2) is 22.2 Å². The van der Waals surface area contributed by atoms with Crippen molar-refractivity contribution in [1.29, 1.82) is 0 Å². The van der Waals surface area contributed by atoms with Gasteiger partial charge in [-0.3, -0.25) is 9.52 Å². The van der Waals surface area contributed by atoms with Gasteiger partial charge in [-0.15, -0.1) is 0 Å². The minimum Gasteiger partial charge on any atom is -0.343 e. The molecule has 3 N–H and O–H groups in total. The van der Waals surface area contributed by atoms with Gasteiger partial charge in [-0.05, 0) is 64.2 Å². The molecule has 0 aliphatic heterocycles. The van der Waals surface area contributed by atoms with E-state index in [-0.39, 0.29) is 11.4 Å². The van der Waals surface area contributed by atoms with Crippen LogP contribution in [0.4, 0.5) is 20.2 Å². The third-order valence-corrected chi connectivity index (χ3v) is 6.37. The Hall–Kier alpha value is -3.05. The van der Waals surface area contributed by atoms with Crippen molar-refractivity contribution in [3.63, 3.8) is 0 Å². The maximum Gasteiger partial charge on any atom is 0.261 e. The van der Waals surface area contributed by atoms with Crippen molar-refractivity contribution in [3.8, 4) is 0 Å². The number of anilines is 2. The molecule has 0 saturated carbocycles. The monoisotopic (exact) mass is 479 g/mol. The highest BCUT2D eigenvalue weighted by Crippen LogP contribution is 2.24. The number of carbonyl (C=O) groups is 1. The zero-order valence-corrected chi connectivity index (χ0v) is 19.5. The van der Waals surface area contributed by atoms with Gasteiger partial charge in [0.25, 0.3) is 5.91 Å². The summed E-state index contributed by atoms with van der Waals surface area (Å²) in [5, 5.41) is 3.18. The Morgan fingerprint density at radius 1 is 1.21 bits per heavy atom. The van der Waals surface area contributed by atoms with E-state index in [2.05, 4.69) is 24.9 Å². The second-order valence-electron chi connectivity index (χ2n) is 8.02. The molecule has 0 unspecified atom stereocenters. The molecule has 0 saturated heterocycles. The van der Waals surface area contributed by atoms with Crippen molar-refractivity contribution in [1.82, 2.24) is 14.9 Å². The number of nitrogens with one attached hydrogen (secondary N) is 3. The van der Waals surface area contributed by atoms with Crippen LogP contribution in [0.3, 0.4) is 0 Å². The third kappa shape index (κ3) is 6.26. The minimum atomic E-state index is -3.82. The summed E-state index contributed by atoms with van der Waals surface area (Å²) in [5.41, 5.74) is 0.508. The molecule has 0 aliphatic carbocycles. The molecular formula is C22H27F2N5O3S. The topological polar surface area (TPSA) is 107 Å². The van der Waals surface area contributed by atoms with Crippen LogP contribution in [0.15, 0.2) is 30.5 Å². The summed E-state index contributed by atoms with van der Waals surface area (Å²) < 4.78 is 55.1. The summed E-state index contributed by atoms with van der Waals surface area (Å²) >= 11 is 0. The highest BCUT2D eigenvalue weighted by molar-refractivity contribution is 7.92. The molecular weight excluding hydrogens is 452 g/mol. The van der Waals surface area contributed by atoms with Crippen LogP contribution in [0.1, 0.15) is 35.8 Å². The molecule has 0 spiro atoms. The van der Waals surface area contributed by atoms with Crippen molar-refractivity contribution in [2.24, 2.45) is 0 Å². The standard InChI is InChI=1S/C22H27F2N5O3S/c1-4-10-33(31,32)28-18-8-7-17(23)19(20(18)24)22(30)27-16-12-14-11-15(6-5-9-29(2)3)26-21(14)25-13-16/h7-8,11-13,28H,4-6,9-10H2,1-3H3,(H,25,26)(H,27,30). The quantitative estimate of drug-likeness (QED) is 0.411. The number of fused-ring (bicyclic) bond motifs is 1. The summed E-state index contributed by atoms with van der Waals surface area (Å²) in [4.78, 5) is 22.2. The smallest absolute Gasteiger partial charge is 0.261 e. The fourth-order valence-corrected chi connectivity index (χ4v) is 4.51. The van der Waals surface area contributed by atoms with Crippen LogP contribution in [0.5, 0.6) is 0 Å². The number of aromatic nitrogens is 2. The van der Waals surface area contributed by atoms with Gasteiger partial charge in [0, 0.05) is 11.1 Å². The number of H-pyrrole nitrogens is 1. The number of sulfonamides is 1. The van der Waals surface area contributed by atoms with Crippen LogP contribution in [0.2, 0.25) is 0 Å². The number of pyridine rings is 1. The van der Waals surface area contributed by atoms with Gasteiger partial charge in [0.15, 0.2) is 5.82 Å². The van der Waals surface area contributed by atoms with E-state index < -0.39 is 38.8 Å². The fourth-order valence-electron chi connectivity index (χ4n) is 3.38. The first-order valence-corrected chi connectivity index (χ1v) is 12.2. The maximum atomic E-state index is 14.8. The van der Waals surface area contributed by atoms with Gasteiger partial charge in [0.05, 0.1) is 23.3 Å². The molecule has 3 rings (SSSR count). The van der Waals surface area contributed by atoms with Gasteiger partial charge in [-0.2, -0.15) is 0 Å². The van der Waals surface area contributed by atoms with Gasteiger partial charge in [0.2, 0.25) is 10.0 Å². The summed E-state index contributed by atoms with van der Waals surface area (Å²) in [5.74, 6) is -3.68. The lowest BCUT2D eigenvalue weighted by atomic mass is 10.1. The number of rotatable bonds is 10. The Morgan fingerprint density at radius 2 is 1.97 bits per heavy atom. The highest BCUT2D eigenvalue weighted by Gasteiger charge is 2.23. The Kier molecular flexibility index (Phi) is 7.65. The number of benzene rings is 1. The summed E-state index contributed by atoms with van der Waals surface area (Å²) in [6.45, 7) is 2.59. The zero-order chi connectivity index (χ0) is 24.2. The van der Waals surface area contributed by atoms with Crippen LogP contribution < -0.4 is 10.0 Å². The summed E-state index contributed by atoms with van der Waals surface area (Å²) in [6.07, 6.45) is 3.48. The zero-order valence-electron chi connectivity index (χ0n) is 18.7. The van der Waals surface area contributed by atoms with Gasteiger partial charge < -0.3 is 15.2 Å². The van der Waals surface area contributed by atoms with E-state index in [9.17, 15) is 22.0 Å². The Morgan fingerprint density at radius 3 is 2.67 bits per heavy atom. The van der Waals surface area contributed by atoms with E-state index in [1.54, 1.807) is 13.0 Å². The van der Waals surface area contributed by atoms with Crippen LogP contribution in [-0.4, -0.2) is 55.6 Å². The lowest BCUT2D eigenvalue weighted by molar-refractivity contribution is 0.101. The molecule has 0 fully saturated rings. The number of hydrogen-bond acceptors (Lipinski definition) is 5. The lowest BCUT2D eigenvalue weighted by Gasteiger charge is -2.12. The molecule has 0 bridgehead atoms. The molecule has 0 aliphatic rings. The van der Waals surface area contributed by atoms with E-state index in [1.165, 1.54) is 6.20 Å². The molecule has 178 valence electrons. The van der Waals surface area contributed by atoms with Crippen molar-refractivity contribution in [3.05, 3.63) is 53.4 Å². The van der Waals surface area contributed by atoms with Crippen molar-refractivity contribution in [2.45, 2.75) is 26.2 Å². The van der Waals surface area contributed by atoms with E-state index in [0.717, 1.165) is 42.6 Å². The number of amides is 1. The van der Waals surface area contributed by atoms with E-state index in [0.29, 0.717) is 12.1 Å². The molecule has 2 aromatic heterocycles. The minimum absolute atomic E-state index is 0.231. The maximum absolute atomic E-state index is 14.8. The van der Waals surface area contributed by atoms with E-state index >= 15 is 0 Å².